The molecular weight excluding hydrogens is 438 g/mol. The molecule has 0 aliphatic heterocycles. The second-order valence-corrected chi connectivity index (χ2v) is 8.16. The van der Waals surface area contributed by atoms with Gasteiger partial charge in [-0.1, -0.05) is 40.9 Å². The lowest BCUT2D eigenvalue weighted by Crippen LogP contribution is -2.51. The second-order valence-electron chi connectivity index (χ2n) is 5.51. The summed E-state index contributed by atoms with van der Waals surface area (Å²) in [4.78, 5) is 12.5. The number of carbonyl (C=O) groups is 1. The molecule has 3 nitrogen and oxygen atoms in total. The quantitative estimate of drug-likeness (QED) is 0.532. The Morgan fingerprint density at radius 3 is 2.12 bits per heavy atom. The molecule has 1 saturated carbocycles. The predicted octanol–water partition coefficient (Wildman–Crippen LogP) is 4.47. The fourth-order valence-electron chi connectivity index (χ4n) is 2.75. The molecule has 2 rings (SSSR count). The molecule has 0 radical (unpaired) electrons. The zero-order valence-corrected chi connectivity index (χ0v) is 15.3. The van der Waals surface area contributed by atoms with Crippen LogP contribution in [0.4, 0.5) is 17.6 Å². The Kier molecular flexibility index (Phi) is 5.66. The number of rotatable bonds is 5. The van der Waals surface area contributed by atoms with Crippen molar-refractivity contribution in [3.05, 3.63) is 34.3 Å². The maximum atomic E-state index is 13.3. The average molecular weight is 451 g/mol. The van der Waals surface area contributed by atoms with Gasteiger partial charge < -0.3 is 0 Å². The van der Waals surface area contributed by atoms with E-state index in [0.29, 0.717) is 31.2 Å². The molecule has 1 unspecified atom stereocenters. The Bertz CT molecular complexity index is 645. The maximum Gasteiger partial charge on any atom is 0.415 e. The molecule has 10 heteroatoms. The number of amides is 1. The van der Waals surface area contributed by atoms with Crippen LogP contribution >= 0.6 is 27.5 Å². The van der Waals surface area contributed by atoms with Gasteiger partial charge in [-0.25, -0.2) is 4.21 Å². The van der Waals surface area contributed by atoms with Crippen LogP contribution < -0.4 is 4.72 Å². The molecule has 1 amide bonds. The standard InChI is InChI=1S/C14H13BrClF4NO2S/c15-10-5-3-9(4-6-10)12(7-1-2-8-12)11(22)21-24(23)14(19,20)13(16,17)18/h3-6H,1-2,7-8H2,(H,21,22). The second kappa shape index (κ2) is 6.92. The molecule has 1 aromatic rings. The first-order valence-corrected chi connectivity index (χ1v) is 9.26. The van der Waals surface area contributed by atoms with Crippen molar-refractivity contribution in [2.45, 2.75) is 41.7 Å². The molecular formula is C14H13BrClF4NO2S. The van der Waals surface area contributed by atoms with Crippen molar-refractivity contribution in [2.24, 2.45) is 0 Å². The summed E-state index contributed by atoms with van der Waals surface area (Å²) in [6.07, 6.45) is 2.03. The van der Waals surface area contributed by atoms with Crippen LogP contribution in [-0.4, -0.2) is 20.8 Å². The Morgan fingerprint density at radius 1 is 1.17 bits per heavy atom. The monoisotopic (exact) mass is 449 g/mol. The smallest absolute Gasteiger partial charge is 0.273 e. The van der Waals surface area contributed by atoms with Gasteiger partial charge >= 0.3 is 10.6 Å². The highest BCUT2D eigenvalue weighted by Gasteiger charge is 2.61. The zero-order valence-electron chi connectivity index (χ0n) is 12.1. The predicted molar refractivity (Wildman–Crippen MR) is 86.3 cm³/mol. The van der Waals surface area contributed by atoms with Crippen LogP contribution in [0.5, 0.6) is 0 Å². The van der Waals surface area contributed by atoms with Gasteiger partial charge in [0.1, 0.15) is 0 Å². The highest BCUT2D eigenvalue weighted by atomic mass is 79.9. The molecule has 1 aromatic carbocycles. The molecule has 1 aliphatic rings. The minimum Gasteiger partial charge on any atom is -0.273 e. The molecule has 0 bridgehead atoms. The van der Waals surface area contributed by atoms with Gasteiger partial charge in [-0.2, -0.15) is 17.6 Å². The van der Waals surface area contributed by atoms with Crippen molar-refractivity contribution in [3.8, 4) is 0 Å². The van der Waals surface area contributed by atoms with Crippen molar-refractivity contribution >= 4 is 44.4 Å². The first-order chi connectivity index (χ1) is 11.0. The normalized spacial score (nSPS) is 19.1. The molecule has 0 spiro atoms. The number of alkyl halides is 5. The first-order valence-electron chi connectivity index (χ1n) is 6.94. The fraction of sp³-hybridized carbons (Fsp3) is 0.500. The zero-order chi connectivity index (χ0) is 18.2. The Morgan fingerprint density at radius 2 is 1.67 bits per heavy atom. The van der Waals surface area contributed by atoms with E-state index in [-0.39, 0.29) is 0 Å². The van der Waals surface area contributed by atoms with E-state index in [4.69, 9.17) is 0 Å². The number of nitrogens with one attached hydrogen (secondary N) is 1. The third-order valence-corrected chi connectivity index (χ3v) is 6.01. The summed E-state index contributed by atoms with van der Waals surface area (Å²) in [6.45, 7) is 0. The van der Waals surface area contributed by atoms with Crippen molar-refractivity contribution < 1.29 is 26.6 Å². The van der Waals surface area contributed by atoms with Crippen molar-refractivity contribution in [2.75, 3.05) is 0 Å². The van der Waals surface area contributed by atoms with Crippen LogP contribution in [-0.2, 0) is 21.2 Å². The number of carbonyl (C=O) groups excluding carboxylic acids is 1. The van der Waals surface area contributed by atoms with Crippen LogP contribution in [0, 0.1) is 0 Å². The lowest BCUT2D eigenvalue weighted by molar-refractivity contribution is -0.125. The van der Waals surface area contributed by atoms with E-state index < -0.39 is 32.9 Å². The van der Waals surface area contributed by atoms with E-state index in [1.165, 1.54) is 4.72 Å². The number of hydrogen-bond acceptors (Lipinski definition) is 2. The number of hydrogen-bond donors (Lipinski definition) is 1. The van der Waals surface area contributed by atoms with E-state index in [1.54, 1.807) is 24.3 Å². The summed E-state index contributed by atoms with van der Waals surface area (Å²) in [5.74, 6) is -0.971. The minimum absolute atomic E-state index is 0.348. The van der Waals surface area contributed by atoms with Gasteiger partial charge in [0, 0.05) is 4.47 Å². The molecule has 134 valence electrons. The lowest BCUT2D eigenvalue weighted by Gasteiger charge is -2.29. The summed E-state index contributed by atoms with van der Waals surface area (Å²) >= 11 is 7.55. The van der Waals surface area contributed by atoms with Crippen molar-refractivity contribution in [3.63, 3.8) is 0 Å². The third-order valence-electron chi connectivity index (χ3n) is 4.04. The summed E-state index contributed by atoms with van der Waals surface area (Å²) in [5, 5.41) is -10.1. The summed E-state index contributed by atoms with van der Waals surface area (Å²) in [7, 11) is -3.65. The Balaban J connectivity index is 2.28. The molecule has 0 saturated heterocycles. The van der Waals surface area contributed by atoms with Crippen LogP contribution in [0.25, 0.3) is 0 Å². The largest absolute Gasteiger partial charge is 0.415 e. The SMILES string of the molecule is O=C(NS(=O)C(F)(F)C(F)(F)Cl)C1(c2ccc(Br)cc2)CCCC1. The Hall–Kier alpha value is -0.670. The molecule has 0 aromatic heterocycles. The molecule has 1 atom stereocenters. The van der Waals surface area contributed by atoms with Crippen LogP contribution in [0.3, 0.4) is 0 Å². The minimum atomic E-state index is -5.08. The van der Waals surface area contributed by atoms with Gasteiger partial charge in [0.25, 0.3) is 0 Å². The highest BCUT2D eigenvalue weighted by molar-refractivity contribution is 9.10. The van der Waals surface area contributed by atoms with E-state index in [9.17, 15) is 26.6 Å². The van der Waals surface area contributed by atoms with Crippen LogP contribution in [0.1, 0.15) is 31.2 Å². The maximum absolute atomic E-state index is 13.3. The number of benzene rings is 1. The molecule has 24 heavy (non-hydrogen) atoms. The van der Waals surface area contributed by atoms with Crippen LogP contribution in [0.15, 0.2) is 28.7 Å². The van der Waals surface area contributed by atoms with Crippen molar-refractivity contribution in [1.82, 2.24) is 4.72 Å². The Labute approximate surface area is 151 Å². The molecule has 1 fully saturated rings. The van der Waals surface area contributed by atoms with Gasteiger partial charge in [-0.05, 0) is 42.1 Å². The lowest BCUT2D eigenvalue weighted by atomic mass is 9.78. The van der Waals surface area contributed by atoms with Gasteiger partial charge in [0.2, 0.25) is 5.91 Å². The summed E-state index contributed by atoms with van der Waals surface area (Å²) in [5.41, 5.74) is -0.618. The number of halogens is 6. The fourth-order valence-corrected chi connectivity index (χ4v) is 3.92. The van der Waals surface area contributed by atoms with Crippen LogP contribution in [0.2, 0.25) is 0 Å². The van der Waals surface area contributed by atoms with E-state index in [1.807, 2.05) is 0 Å². The van der Waals surface area contributed by atoms with E-state index >= 15 is 0 Å². The van der Waals surface area contributed by atoms with Gasteiger partial charge in [-0.3, -0.25) is 9.52 Å². The van der Waals surface area contributed by atoms with Gasteiger partial charge in [0.15, 0.2) is 11.0 Å². The van der Waals surface area contributed by atoms with Crippen molar-refractivity contribution in [1.29, 1.82) is 0 Å². The molecule has 0 heterocycles. The first kappa shape index (κ1) is 19.7. The summed E-state index contributed by atoms with van der Waals surface area (Å²) in [6, 6.07) is 6.65. The molecule has 1 aliphatic carbocycles. The van der Waals surface area contributed by atoms with Gasteiger partial charge in [0.05, 0.1) is 5.41 Å². The summed E-state index contributed by atoms with van der Waals surface area (Å²) < 4.78 is 66.0. The average Bonchev–Trinajstić information content (AvgIpc) is 2.97. The third kappa shape index (κ3) is 3.62. The van der Waals surface area contributed by atoms with Gasteiger partial charge in [-0.15, -0.1) is 0 Å². The highest BCUT2D eigenvalue weighted by Crippen LogP contribution is 2.43. The topological polar surface area (TPSA) is 46.2 Å². The van der Waals surface area contributed by atoms with E-state index in [0.717, 1.165) is 4.47 Å². The molecule has 1 N–H and O–H groups in total. The van der Waals surface area contributed by atoms with E-state index in [2.05, 4.69) is 27.5 Å².